The fourth-order valence-electron chi connectivity index (χ4n) is 1.51. The van der Waals surface area contributed by atoms with Crippen molar-refractivity contribution in [3.63, 3.8) is 0 Å². The Balaban J connectivity index is 0.000000845. The third-order valence-electron chi connectivity index (χ3n) is 2.12. The van der Waals surface area contributed by atoms with E-state index in [0.29, 0.717) is 0 Å². The predicted octanol–water partition coefficient (Wildman–Crippen LogP) is 2.61. The van der Waals surface area contributed by atoms with Gasteiger partial charge >= 0.3 is 0 Å². The van der Waals surface area contributed by atoms with Gasteiger partial charge in [0.25, 0.3) is 0 Å². The molecule has 0 fully saturated rings. The quantitative estimate of drug-likeness (QED) is 0.724. The van der Waals surface area contributed by atoms with Gasteiger partial charge in [-0.2, -0.15) is 0 Å². The van der Waals surface area contributed by atoms with E-state index < -0.39 is 0 Å². The molecule has 2 aromatic rings. The number of hydrogen-bond acceptors (Lipinski definition) is 1. The van der Waals surface area contributed by atoms with Gasteiger partial charge in [-0.05, 0) is 24.6 Å². The number of aromatic amines is 1. The van der Waals surface area contributed by atoms with E-state index in [-0.39, 0.29) is 18.4 Å². The Morgan fingerprint density at radius 1 is 1.31 bits per heavy atom. The predicted molar refractivity (Wildman–Crippen MR) is 58.1 cm³/mol. The third kappa shape index (κ3) is 1.69. The van der Waals surface area contributed by atoms with Crippen LogP contribution in [-0.2, 0) is 0 Å². The summed E-state index contributed by atoms with van der Waals surface area (Å²) in [5.41, 5.74) is 8.18. The van der Waals surface area contributed by atoms with Gasteiger partial charge in [0.15, 0.2) is 0 Å². The molecule has 1 aromatic heterocycles. The Labute approximate surface area is 83.5 Å². The summed E-state index contributed by atoms with van der Waals surface area (Å²) in [5.74, 6) is 0. The van der Waals surface area contributed by atoms with Crippen LogP contribution in [0.2, 0.25) is 0 Å². The average Bonchev–Trinajstić information content (AvgIpc) is 2.49. The second-order valence-corrected chi connectivity index (χ2v) is 3.07. The summed E-state index contributed by atoms with van der Waals surface area (Å²) in [4.78, 5) is 3.16. The summed E-state index contributed by atoms with van der Waals surface area (Å²) in [6, 6.07) is 8.32. The lowest BCUT2D eigenvalue weighted by molar-refractivity contribution is 0.827. The molecule has 0 bridgehead atoms. The van der Waals surface area contributed by atoms with Crippen molar-refractivity contribution < 1.29 is 0 Å². The van der Waals surface area contributed by atoms with E-state index in [1.807, 2.05) is 19.2 Å². The standard InChI is InChI=1S/C10H12N2.ClH/c1-7(11)8-3-2-4-10-9(8)5-6-12-10;/h2-7,12H,11H2,1H3;1H/t7-;/m0./s1. The van der Waals surface area contributed by atoms with Gasteiger partial charge in [-0.3, -0.25) is 0 Å². The molecule has 0 aliphatic rings. The highest BCUT2D eigenvalue weighted by Gasteiger charge is 2.04. The van der Waals surface area contributed by atoms with Crippen molar-refractivity contribution >= 4 is 23.3 Å². The third-order valence-corrected chi connectivity index (χ3v) is 2.12. The maximum Gasteiger partial charge on any atom is 0.0457 e. The van der Waals surface area contributed by atoms with Crippen LogP contribution in [0.5, 0.6) is 0 Å². The van der Waals surface area contributed by atoms with E-state index in [1.54, 1.807) is 0 Å². The number of H-pyrrole nitrogens is 1. The average molecular weight is 197 g/mol. The van der Waals surface area contributed by atoms with Crippen LogP contribution >= 0.6 is 12.4 Å². The zero-order valence-corrected chi connectivity index (χ0v) is 8.27. The molecule has 0 spiro atoms. The van der Waals surface area contributed by atoms with E-state index in [2.05, 4.69) is 23.2 Å². The summed E-state index contributed by atoms with van der Waals surface area (Å²) in [6.07, 6.45) is 1.94. The first-order chi connectivity index (χ1) is 5.79. The van der Waals surface area contributed by atoms with Crippen molar-refractivity contribution in [2.75, 3.05) is 0 Å². The number of nitrogens with one attached hydrogen (secondary N) is 1. The van der Waals surface area contributed by atoms with Crippen LogP contribution in [-0.4, -0.2) is 4.98 Å². The van der Waals surface area contributed by atoms with Crippen LogP contribution in [0.15, 0.2) is 30.5 Å². The minimum atomic E-state index is 0. The number of halogens is 1. The Kier molecular flexibility index (Phi) is 2.96. The molecule has 0 amide bonds. The molecule has 0 saturated heterocycles. The van der Waals surface area contributed by atoms with Crippen molar-refractivity contribution in [1.82, 2.24) is 4.98 Å². The van der Waals surface area contributed by atoms with Crippen molar-refractivity contribution in [2.24, 2.45) is 5.73 Å². The van der Waals surface area contributed by atoms with E-state index in [1.165, 1.54) is 10.9 Å². The first-order valence-electron chi connectivity index (χ1n) is 4.10. The van der Waals surface area contributed by atoms with Crippen LogP contribution in [0.25, 0.3) is 10.9 Å². The summed E-state index contributed by atoms with van der Waals surface area (Å²) >= 11 is 0. The van der Waals surface area contributed by atoms with E-state index in [9.17, 15) is 0 Å². The molecule has 0 saturated carbocycles. The lowest BCUT2D eigenvalue weighted by Gasteiger charge is -2.06. The summed E-state index contributed by atoms with van der Waals surface area (Å²) in [6.45, 7) is 2.00. The van der Waals surface area contributed by atoms with Gasteiger partial charge < -0.3 is 10.7 Å². The fourth-order valence-corrected chi connectivity index (χ4v) is 1.51. The van der Waals surface area contributed by atoms with Crippen LogP contribution in [0.3, 0.4) is 0 Å². The number of rotatable bonds is 1. The van der Waals surface area contributed by atoms with Crippen LogP contribution in [0.4, 0.5) is 0 Å². The van der Waals surface area contributed by atoms with Crippen LogP contribution in [0, 0.1) is 0 Å². The molecule has 70 valence electrons. The second-order valence-electron chi connectivity index (χ2n) is 3.07. The van der Waals surface area contributed by atoms with Crippen LogP contribution < -0.4 is 5.73 Å². The normalized spacial score (nSPS) is 12.5. The molecule has 0 aliphatic heterocycles. The van der Waals surface area contributed by atoms with E-state index in [4.69, 9.17) is 5.73 Å². The lowest BCUT2D eigenvalue weighted by Crippen LogP contribution is -2.04. The molecule has 0 aliphatic carbocycles. The van der Waals surface area contributed by atoms with Crippen molar-refractivity contribution in [1.29, 1.82) is 0 Å². The minimum absolute atomic E-state index is 0. The molecule has 3 N–H and O–H groups in total. The van der Waals surface area contributed by atoms with E-state index >= 15 is 0 Å². The highest BCUT2D eigenvalue weighted by atomic mass is 35.5. The smallest absolute Gasteiger partial charge is 0.0457 e. The number of aromatic nitrogens is 1. The topological polar surface area (TPSA) is 41.8 Å². The summed E-state index contributed by atoms with van der Waals surface area (Å²) < 4.78 is 0. The molecule has 2 rings (SSSR count). The largest absolute Gasteiger partial charge is 0.361 e. The molecule has 2 nitrogen and oxygen atoms in total. The highest BCUT2D eigenvalue weighted by Crippen LogP contribution is 2.21. The molecular formula is C10H13ClN2. The summed E-state index contributed by atoms with van der Waals surface area (Å²) in [5, 5.41) is 1.23. The molecule has 3 heteroatoms. The van der Waals surface area contributed by atoms with Gasteiger partial charge in [0, 0.05) is 23.1 Å². The number of fused-ring (bicyclic) bond motifs is 1. The maximum absolute atomic E-state index is 5.83. The molecular weight excluding hydrogens is 184 g/mol. The monoisotopic (exact) mass is 196 g/mol. The Hall–Kier alpha value is -0.990. The number of benzene rings is 1. The Bertz CT molecular complexity index is 392. The van der Waals surface area contributed by atoms with Gasteiger partial charge in [0.2, 0.25) is 0 Å². The van der Waals surface area contributed by atoms with Crippen molar-refractivity contribution in [3.05, 3.63) is 36.0 Å². The maximum atomic E-state index is 5.83. The molecule has 1 atom stereocenters. The SMILES string of the molecule is C[C@H](N)c1cccc2[nH]ccc12.Cl. The molecule has 0 radical (unpaired) electrons. The minimum Gasteiger partial charge on any atom is -0.361 e. The lowest BCUT2D eigenvalue weighted by atomic mass is 10.1. The fraction of sp³-hybridized carbons (Fsp3) is 0.200. The molecule has 13 heavy (non-hydrogen) atoms. The first kappa shape index (κ1) is 10.1. The van der Waals surface area contributed by atoms with Crippen molar-refractivity contribution in [2.45, 2.75) is 13.0 Å². The molecule has 1 aromatic carbocycles. The molecule has 1 heterocycles. The molecule has 0 unspecified atom stereocenters. The Morgan fingerprint density at radius 3 is 2.77 bits per heavy atom. The second kappa shape index (κ2) is 3.81. The number of nitrogens with two attached hydrogens (primary N) is 1. The van der Waals surface area contributed by atoms with Gasteiger partial charge in [0.1, 0.15) is 0 Å². The number of hydrogen-bond donors (Lipinski definition) is 2. The zero-order valence-electron chi connectivity index (χ0n) is 7.45. The van der Waals surface area contributed by atoms with E-state index in [0.717, 1.165) is 5.52 Å². The van der Waals surface area contributed by atoms with Gasteiger partial charge in [-0.15, -0.1) is 12.4 Å². The van der Waals surface area contributed by atoms with Gasteiger partial charge in [-0.25, -0.2) is 0 Å². The van der Waals surface area contributed by atoms with Crippen LogP contribution in [0.1, 0.15) is 18.5 Å². The highest BCUT2D eigenvalue weighted by molar-refractivity contribution is 5.85. The first-order valence-corrected chi connectivity index (χ1v) is 4.10. The zero-order chi connectivity index (χ0) is 8.55. The Morgan fingerprint density at radius 2 is 2.08 bits per heavy atom. The summed E-state index contributed by atoms with van der Waals surface area (Å²) in [7, 11) is 0. The van der Waals surface area contributed by atoms with Gasteiger partial charge in [0.05, 0.1) is 0 Å². The van der Waals surface area contributed by atoms with Crippen molar-refractivity contribution in [3.8, 4) is 0 Å². The van der Waals surface area contributed by atoms with Gasteiger partial charge in [-0.1, -0.05) is 12.1 Å².